The first-order valence-electron chi connectivity index (χ1n) is 9.15. The first kappa shape index (κ1) is 20.6. The van der Waals surface area contributed by atoms with Crippen LogP contribution >= 0.6 is 0 Å². The monoisotopic (exact) mass is 435 g/mol. The van der Waals surface area contributed by atoms with E-state index in [0.717, 1.165) is 12.1 Å². The number of aromatic carboxylic acids is 1. The second-order valence-corrected chi connectivity index (χ2v) is 6.95. The Kier molecular flexibility index (Phi) is 5.00. The lowest BCUT2D eigenvalue weighted by atomic mass is 9.97. The number of benzene rings is 2. The average Bonchev–Trinajstić information content (AvgIpc) is 3.27. The van der Waals surface area contributed by atoms with Gasteiger partial charge in [-0.15, -0.1) is 13.2 Å². The summed E-state index contributed by atoms with van der Waals surface area (Å²) in [6.07, 6.45) is -4.80. The minimum absolute atomic E-state index is 0.0781. The van der Waals surface area contributed by atoms with Crippen LogP contribution in [-0.2, 0) is 9.53 Å². The van der Waals surface area contributed by atoms with Gasteiger partial charge in [0, 0.05) is 28.6 Å². The molecule has 2 heterocycles. The number of aromatic nitrogens is 1. The molecule has 0 fully saturated rings. The van der Waals surface area contributed by atoms with Gasteiger partial charge in [-0.3, -0.25) is 4.79 Å². The maximum atomic E-state index is 12.7. The van der Waals surface area contributed by atoms with Gasteiger partial charge in [0.2, 0.25) is 0 Å². The van der Waals surface area contributed by atoms with Gasteiger partial charge in [0.15, 0.2) is 0 Å². The number of ether oxygens (including phenoxy) is 3. The van der Waals surface area contributed by atoms with Gasteiger partial charge in [0.1, 0.15) is 17.2 Å². The maximum Gasteiger partial charge on any atom is 0.573 e. The van der Waals surface area contributed by atoms with Crippen molar-refractivity contribution in [3.05, 3.63) is 53.7 Å². The van der Waals surface area contributed by atoms with Crippen LogP contribution in [0.5, 0.6) is 11.5 Å². The number of methoxy groups -OCH3 is 1. The van der Waals surface area contributed by atoms with Crippen LogP contribution in [0.25, 0.3) is 16.6 Å². The van der Waals surface area contributed by atoms with E-state index in [-0.39, 0.29) is 30.2 Å². The smallest absolute Gasteiger partial charge is 0.493 e. The summed E-state index contributed by atoms with van der Waals surface area (Å²) in [5.74, 6) is -1.88. The van der Waals surface area contributed by atoms with E-state index in [2.05, 4.69) is 4.74 Å². The molecule has 4 rings (SSSR count). The number of hydrogen-bond donors (Lipinski definition) is 1. The SMILES string of the molecule is COC(=O)CC1COc2ccc(-n3c(C(=O)O)cc4ccc(OC(F)(F)F)cc43)cc21. The van der Waals surface area contributed by atoms with Crippen molar-refractivity contribution in [3.63, 3.8) is 0 Å². The van der Waals surface area contributed by atoms with Gasteiger partial charge in [-0.2, -0.15) is 0 Å². The number of alkyl halides is 3. The lowest BCUT2D eigenvalue weighted by molar-refractivity contribution is -0.274. The van der Waals surface area contributed by atoms with Crippen LogP contribution in [0, 0.1) is 0 Å². The van der Waals surface area contributed by atoms with Crippen molar-refractivity contribution in [1.82, 2.24) is 4.57 Å². The summed E-state index contributed by atoms with van der Waals surface area (Å²) in [6.45, 7) is 0.260. The Balaban J connectivity index is 1.84. The molecule has 10 heteroatoms. The second-order valence-electron chi connectivity index (χ2n) is 6.95. The van der Waals surface area contributed by atoms with Gasteiger partial charge >= 0.3 is 18.3 Å². The number of nitrogens with zero attached hydrogens (tertiary/aromatic N) is 1. The molecule has 1 aliphatic rings. The zero-order valence-corrected chi connectivity index (χ0v) is 16.1. The van der Waals surface area contributed by atoms with Crippen LogP contribution in [0.15, 0.2) is 42.5 Å². The number of esters is 1. The van der Waals surface area contributed by atoms with Crippen LogP contribution in [0.1, 0.15) is 28.4 Å². The molecule has 1 N–H and O–H groups in total. The molecular formula is C21H16F3NO6. The molecule has 0 spiro atoms. The Morgan fingerprint density at radius 1 is 1.19 bits per heavy atom. The van der Waals surface area contributed by atoms with E-state index >= 15 is 0 Å². The number of rotatable bonds is 5. The summed E-state index contributed by atoms with van der Waals surface area (Å²) in [7, 11) is 1.28. The molecule has 1 aromatic heterocycles. The summed E-state index contributed by atoms with van der Waals surface area (Å²) >= 11 is 0. The number of carbonyl (C=O) groups excluding carboxylic acids is 1. The molecule has 0 bridgehead atoms. The highest BCUT2D eigenvalue weighted by molar-refractivity contribution is 5.96. The van der Waals surface area contributed by atoms with Gasteiger partial charge in [-0.05, 0) is 36.4 Å². The highest BCUT2D eigenvalue weighted by Crippen LogP contribution is 2.39. The Hall–Kier alpha value is -3.69. The predicted molar refractivity (Wildman–Crippen MR) is 102 cm³/mol. The maximum absolute atomic E-state index is 12.7. The van der Waals surface area contributed by atoms with Gasteiger partial charge in [-0.25, -0.2) is 4.79 Å². The van der Waals surface area contributed by atoms with Gasteiger partial charge in [0.25, 0.3) is 0 Å². The summed E-state index contributed by atoms with van der Waals surface area (Å²) in [4.78, 5) is 23.5. The molecule has 7 nitrogen and oxygen atoms in total. The summed E-state index contributed by atoms with van der Waals surface area (Å²) in [6, 6.07) is 9.87. The number of halogens is 3. The first-order chi connectivity index (χ1) is 14.7. The minimum Gasteiger partial charge on any atom is -0.493 e. The van der Waals surface area contributed by atoms with E-state index in [0.29, 0.717) is 22.4 Å². The van der Waals surface area contributed by atoms with E-state index in [9.17, 15) is 27.9 Å². The zero-order chi connectivity index (χ0) is 22.3. The van der Waals surface area contributed by atoms with Crippen LogP contribution in [0.3, 0.4) is 0 Å². The fraction of sp³-hybridized carbons (Fsp3) is 0.238. The van der Waals surface area contributed by atoms with E-state index in [1.54, 1.807) is 18.2 Å². The normalized spacial score (nSPS) is 15.4. The summed E-state index contributed by atoms with van der Waals surface area (Å²) in [5, 5.41) is 10.1. The molecule has 31 heavy (non-hydrogen) atoms. The second kappa shape index (κ2) is 7.53. The standard InChI is InChI=1S/C21H16F3NO6/c1-29-19(26)7-12-10-30-18-5-3-13(8-15(12)18)25-16-9-14(31-21(22,23)24)4-2-11(16)6-17(25)20(27)28/h2-6,8-9,12H,7,10H2,1H3,(H,27,28). The Morgan fingerprint density at radius 2 is 1.97 bits per heavy atom. The molecule has 0 radical (unpaired) electrons. The number of carboxylic acid groups (broad SMARTS) is 1. The number of hydrogen-bond acceptors (Lipinski definition) is 5. The molecule has 1 unspecified atom stereocenters. The van der Waals surface area contributed by atoms with Crippen LogP contribution in [0.4, 0.5) is 13.2 Å². The van der Waals surface area contributed by atoms with Crippen molar-refractivity contribution in [3.8, 4) is 17.2 Å². The molecule has 0 amide bonds. The van der Waals surface area contributed by atoms with E-state index < -0.39 is 24.1 Å². The van der Waals surface area contributed by atoms with Crippen molar-refractivity contribution in [2.24, 2.45) is 0 Å². The molecule has 0 saturated heterocycles. The van der Waals surface area contributed by atoms with E-state index in [1.807, 2.05) is 0 Å². The van der Waals surface area contributed by atoms with E-state index in [1.165, 1.54) is 23.8 Å². The predicted octanol–water partition coefficient (Wildman–Crippen LogP) is 4.27. The summed E-state index contributed by atoms with van der Waals surface area (Å²) in [5.41, 5.74) is 1.17. The summed E-state index contributed by atoms with van der Waals surface area (Å²) < 4.78 is 53.6. The third-order valence-electron chi connectivity index (χ3n) is 5.00. The van der Waals surface area contributed by atoms with Crippen molar-refractivity contribution < 1.29 is 42.1 Å². The number of fused-ring (bicyclic) bond motifs is 2. The van der Waals surface area contributed by atoms with E-state index in [4.69, 9.17) is 9.47 Å². The highest BCUT2D eigenvalue weighted by Gasteiger charge is 2.32. The number of carbonyl (C=O) groups is 2. The van der Waals surface area contributed by atoms with Crippen molar-refractivity contribution in [1.29, 1.82) is 0 Å². The molecule has 2 aromatic carbocycles. The molecule has 162 valence electrons. The first-order valence-corrected chi connectivity index (χ1v) is 9.15. The zero-order valence-electron chi connectivity index (χ0n) is 16.1. The fourth-order valence-electron chi connectivity index (χ4n) is 3.67. The van der Waals surface area contributed by atoms with Gasteiger partial charge < -0.3 is 23.9 Å². The molecule has 0 aliphatic carbocycles. The molecule has 3 aromatic rings. The lowest BCUT2D eigenvalue weighted by Gasteiger charge is -2.13. The third-order valence-corrected chi connectivity index (χ3v) is 5.00. The topological polar surface area (TPSA) is 87.0 Å². The molecular weight excluding hydrogens is 419 g/mol. The quantitative estimate of drug-likeness (QED) is 0.603. The van der Waals surface area contributed by atoms with Crippen LogP contribution < -0.4 is 9.47 Å². The molecule has 0 saturated carbocycles. The Labute approximate surface area is 173 Å². The fourth-order valence-corrected chi connectivity index (χ4v) is 3.67. The van der Waals surface area contributed by atoms with Crippen LogP contribution in [0.2, 0.25) is 0 Å². The minimum atomic E-state index is -4.88. The van der Waals surface area contributed by atoms with Crippen LogP contribution in [-0.4, -0.2) is 41.7 Å². The third kappa shape index (κ3) is 4.00. The Morgan fingerprint density at radius 3 is 2.65 bits per heavy atom. The van der Waals surface area contributed by atoms with Gasteiger partial charge in [-0.1, -0.05) is 0 Å². The lowest BCUT2D eigenvalue weighted by Crippen LogP contribution is -2.17. The van der Waals surface area contributed by atoms with Crippen molar-refractivity contribution >= 4 is 22.8 Å². The van der Waals surface area contributed by atoms with Gasteiger partial charge in [0.05, 0.1) is 25.7 Å². The van der Waals surface area contributed by atoms with Crippen molar-refractivity contribution in [2.75, 3.05) is 13.7 Å². The largest absolute Gasteiger partial charge is 0.573 e. The number of carboxylic acids is 1. The Bertz CT molecular complexity index is 1180. The molecule has 1 aliphatic heterocycles. The highest BCUT2D eigenvalue weighted by atomic mass is 19.4. The molecule has 1 atom stereocenters. The average molecular weight is 435 g/mol. The van der Waals surface area contributed by atoms with Crippen molar-refractivity contribution in [2.45, 2.75) is 18.7 Å².